The number of sulfonamides is 1. The lowest BCUT2D eigenvalue weighted by molar-refractivity contribution is -0.116. The molecule has 33 heavy (non-hydrogen) atoms. The first-order chi connectivity index (χ1) is 15.8. The molecule has 0 aliphatic carbocycles. The van der Waals surface area contributed by atoms with Gasteiger partial charge in [0.15, 0.2) is 0 Å². The van der Waals surface area contributed by atoms with Gasteiger partial charge in [-0.3, -0.25) is 4.79 Å². The van der Waals surface area contributed by atoms with Gasteiger partial charge in [0.1, 0.15) is 5.82 Å². The second-order valence-electron chi connectivity index (χ2n) is 8.47. The van der Waals surface area contributed by atoms with Crippen molar-refractivity contribution in [3.8, 4) is 0 Å². The number of carbonyl (C=O) groups excluding carboxylic acids is 1. The minimum atomic E-state index is -3.51. The van der Waals surface area contributed by atoms with Crippen molar-refractivity contribution < 1.29 is 13.2 Å². The van der Waals surface area contributed by atoms with E-state index in [0.29, 0.717) is 35.7 Å². The van der Waals surface area contributed by atoms with E-state index in [1.54, 1.807) is 22.5 Å². The summed E-state index contributed by atoms with van der Waals surface area (Å²) in [6, 6.07) is 10.7. The summed E-state index contributed by atoms with van der Waals surface area (Å²) in [5.74, 6) is 0.626. The molecule has 1 N–H and O–H groups in total. The average molecular weight is 489 g/mol. The molecule has 4 rings (SSSR count). The van der Waals surface area contributed by atoms with Crippen LogP contribution in [0.25, 0.3) is 11.0 Å². The molecule has 1 saturated heterocycles. The van der Waals surface area contributed by atoms with Gasteiger partial charge in [-0.2, -0.15) is 4.31 Å². The summed E-state index contributed by atoms with van der Waals surface area (Å²) in [6.07, 6.45) is 3.38. The molecular formula is C24H29ClN4O3S. The molecule has 0 radical (unpaired) electrons. The van der Waals surface area contributed by atoms with Crippen LogP contribution in [0.3, 0.4) is 0 Å². The smallest absolute Gasteiger partial charge is 0.243 e. The van der Waals surface area contributed by atoms with Crippen LogP contribution in [0.4, 0.5) is 5.69 Å². The van der Waals surface area contributed by atoms with Gasteiger partial charge in [0.05, 0.1) is 26.6 Å². The van der Waals surface area contributed by atoms with E-state index in [-0.39, 0.29) is 17.2 Å². The van der Waals surface area contributed by atoms with E-state index in [4.69, 9.17) is 16.6 Å². The van der Waals surface area contributed by atoms with Crippen molar-refractivity contribution in [2.75, 3.05) is 18.4 Å². The summed E-state index contributed by atoms with van der Waals surface area (Å²) in [5.41, 5.74) is 3.14. The van der Waals surface area contributed by atoms with Crippen molar-refractivity contribution in [3.05, 3.63) is 52.8 Å². The highest BCUT2D eigenvalue weighted by atomic mass is 35.5. The summed E-state index contributed by atoms with van der Waals surface area (Å²) in [7, 11) is -3.51. The maximum Gasteiger partial charge on any atom is 0.243 e. The number of aryl methyl sites for hydroxylation is 3. The number of nitrogens with one attached hydrogen (secondary N) is 1. The zero-order valence-corrected chi connectivity index (χ0v) is 20.5. The highest BCUT2D eigenvalue weighted by Gasteiger charge is 2.28. The number of amides is 1. The zero-order chi connectivity index (χ0) is 23.6. The Balaban J connectivity index is 1.55. The molecule has 176 valence electrons. The molecule has 1 fully saturated rings. The van der Waals surface area contributed by atoms with Crippen molar-refractivity contribution in [2.24, 2.45) is 0 Å². The van der Waals surface area contributed by atoms with Gasteiger partial charge in [-0.25, -0.2) is 13.4 Å². The fourth-order valence-electron chi connectivity index (χ4n) is 4.22. The van der Waals surface area contributed by atoms with Crippen LogP contribution in [-0.4, -0.2) is 41.3 Å². The highest BCUT2D eigenvalue weighted by molar-refractivity contribution is 7.89. The van der Waals surface area contributed by atoms with E-state index in [9.17, 15) is 13.2 Å². The van der Waals surface area contributed by atoms with Gasteiger partial charge in [0, 0.05) is 32.5 Å². The van der Waals surface area contributed by atoms with Crippen LogP contribution >= 0.6 is 11.6 Å². The summed E-state index contributed by atoms with van der Waals surface area (Å²) >= 11 is 6.23. The number of benzene rings is 2. The fraction of sp³-hybridized carbons (Fsp3) is 0.417. The number of anilines is 1. The molecule has 0 bridgehead atoms. The molecule has 3 aromatic rings. The molecular weight excluding hydrogens is 460 g/mol. The molecule has 2 aromatic carbocycles. The maximum atomic E-state index is 13.0. The Bertz CT molecular complexity index is 1280. The molecule has 0 unspecified atom stereocenters. The molecule has 1 aliphatic heterocycles. The van der Waals surface area contributed by atoms with Crippen molar-refractivity contribution in [1.82, 2.24) is 13.9 Å². The minimum absolute atomic E-state index is 0.145. The van der Waals surface area contributed by atoms with Crippen LogP contribution in [0.2, 0.25) is 5.02 Å². The lowest BCUT2D eigenvalue weighted by Crippen LogP contribution is -2.27. The number of aromatic nitrogens is 2. The third-order valence-corrected chi connectivity index (χ3v) is 8.13. The van der Waals surface area contributed by atoms with Gasteiger partial charge in [-0.1, -0.05) is 24.6 Å². The van der Waals surface area contributed by atoms with Crippen molar-refractivity contribution in [3.63, 3.8) is 0 Å². The van der Waals surface area contributed by atoms with Crippen LogP contribution in [0, 0.1) is 6.92 Å². The average Bonchev–Trinajstić information content (AvgIpc) is 3.43. The summed E-state index contributed by atoms with van der Waals surface area (Å²) < 4.78 is 29.5. The Kier molecular flexibility index (Phi) is 7.07. The SMILES string of the molecule is CCCn1c(CCC(=O)Nc2ccc(C)cc2Cl)nc2cc(S(=O)(=O)N3CCCC3)ccc21. The Morgan fingerprint density at radius 3 is 2.61 bits per heavy atom. The maximum absolute atomic E-state index is 13.0. The van der Waals surface area contributed by atoms with Crippen LogP contribution in [0.5, 0.6) is 0 Å². The quantitative estimate of drug-likeness (QED) is 0.495. The van der Waals surface area contributed by atoms with Crippen LogP contribution < -0.4 is 5.32 Å². The standard InChI is InChI=1S/C24H29ClN4O3S/c1-3-12-29-22-9-7-18(33(31,32)28-13-4-5-14-28)16-21(22)26-23(29)10-11-24(30)27-20-8-6-17(2)15-19(20)25/h6-9,15-16H,3-5,10-14H2,1-2H3,(H,27,30). The molecule has 2 heterocycles. The van der Waals surface area contributed by atoms with E-state index in [2.05, 4.69) is 16.8 Å². The first-order valence-corrected chi connectivity index (χ1v) is 13.2. The summed E-state index contributed by atoms with van der Waals surface area (Å²) in [5, 5.41) is 3.37. The Labute approximate surface area is 199 Å². The summed E-state index contributed by atoms with van der Waals surface area (Å²) in [4.78, 5) is 17.5. The molecule has 9 heteroatoms. The molecule has 1 aliphatic rings. The molecule has 0 spiro atoms. The predicted octanol–water partition coefficient (Wildman–Crippen LogP) is 4.76. The number of imidazole rings is 1. The normalized spacial score (nSPS) is 14.8. The van der Waals surface area contributed by atoms with E-state index < -0.39 is 10.0 Å². The molecule has 0 atom stereocenters. The van der Waals surface area contributed by atoms with Gasteiger partial charge >= 0.3 is 0 Å². The zero-order valence-electron chi connectivity index (χ0n) is 19.0. The number of nitrogens with zero attached hydrogens (tertiary/aromatic N) is 3. The first-order valence-electron chi connectivity index (χ1n) is 11.3. The Hall–Kier alpha value is -2.42. The predicted molar refractivity (Wildman–Crippen MR) is 131 cm³/mol. The van der Waals surface area contributed by atoms with Crippen LogP contribution in [0.15, 0.2) is 41.3 Å². The molecule has 0 saturated carbocycles. The molecule has 1 aromatic heterocycles. The van der Waals surface area contributed by atoms with Gasteiger partial charge in [-0.15, -0.1) is 0 Å². The number of rotatable bonds is 8. The van der Waals surface area contributed by atoms with Gasteiger partial charge in [0.2, 0.25) is 15.9 Å². The lowest BCUT2D eigenvalue weighted by Gasteiger charge is -2.15. The molecule has 1 amide bonds. The fourth-order valence-corrected chi connectivity index (χ4v) is 6.04. The lowest BCUT2D eigenvalue weighted by atomic mass is 10.2. The van der Waals surface area contributed by atoms with Crippen LogP contribution in [0.1, 0.15) is 44.0 Å². The molecule has 7 nitrogen and oxygen atoms in total. The highest BCUT2D eigenvalue weighted by Crippen LogP contribution is 2.26. The Morgan fingerprint density at radius 1 is 1.15 bits per heavy atom. The van der Waals surface area contributed by atoms with Crippen molar-refractivity contribution >= 4 is 44.3 Å². The topological polar surface area (TPSA) is 84.3 Å². The van der Waals surface area contributed by atoms with Crippen molar-refractivity contribution in [1.29, 1.82) is 0 Å². The first kappa shape index (κ1) is 23.7. The second kappa shape index (κ2) is 9.83. The largest absolute Gasteiger partial charge is 0.328 e. The summed E-state index contributed by atoms with van der Waals surface area (Å²) in [6.45, 7) is 5.90. The number of hydrogen-bond acceptors (Lipinski definition) is 4. The number of hydrogen-bond donors (Lipinski definition) is 1. The number of carbonyl (C=O) groups is 1. The monoisotopic (exact) mass is 488 g/mol. The van der Waals surface area contributed by atoms with Gasteiger partial charge < -0.3 is 9.88 Å². The minimum Gasteiger partial charge on any atom is -0.328 e. The van der Waals surface area contributed by atoms with E-state index >= 15 is 0 Å². The van der Waals surface area contributed by atoms with Crippen LogP contribution in [-0.2, 0) is 27.8 Å². The number of halogens is 1. The van der Waals surface area contributed by atoms with Gasteiger partial charge in [0.25, 0.3) is 0 Å². The van der Waals surface area contributed by atoms with Gasteiger partial charge in [-0.05, 0) is 62.1 Å². The van der Waals surface area contributed by atoms with Crippen molar-refractivity contribution in [2.45, 2.75) is 57.4 Å². The van der Waals surface area contributed by atoms with E-state index in [1.807, 2.05) is 25.1 Å². The van der Waals surface area contributed by atoms with E-state index in [1.165, 1.54) is 0 Å². The second-order valence-corrected chi connectivity index (χ2v) is 10.8. The van der Waals surface area contributed by atoms with E-state index in [0.717, 1.165) is 42.7 Å². The Morgan fingerprint density at radius 2 is 1.91 bits per heavy atom. The third kappa shape index (κ3) is 5.08. The third-order valence-electron chi connectivity index (χ3n) is 5.92. The number of fused-ring (bicyclic) bond motifs is 1.